The van der Waals surface area contributed by atoms with Gasteiger partial charge in [0.15, 0.2) is 0 Å². The lowest BCUT2D eigenvalue weighted by Crippen LogP contribution is -2.35. The lowest BCUT2D eigenvalue weighted by atomic mass is 10.3. The molecule has 6 heteroatoms. The van der Waals surface area contributed by atoms with Crippen LogP contribution in [-0.2, 0) is 10.0 Å². The Morgan fingerprint density at radius 2 is 1.94 bits per heavy atom. The fraction of sp³-hybridized carbons (Fsp3) is 0.417. The van der Waals surface area contributed by atoms with Gasteiger partial charge in [-0.05, 0) is 18.6 Å². The van der Waals surface area contributed by atoms with Gasteiger partial charge in [-0.1, -0.05) is 31.5 Å². The van der Waals surface area contributed by atoms with Gasteiger partial charge >= 0.3 is 0 Å². The number of unbranched alkanes of at least 4 members (excludes halogenated alkanes) is 1. The number of nitrogens with one attached hydrogen (secondary N) is 2. The largest absolute Gasteiger partial charge is 0.326 e. The molecule has 0 aliphatic carbocycles. The summed E-state index contributed by atoms with van der Waals surface area (Å²) < 4.78 is 24.8. The minimum atomic E-state index is -3.32. The Labute approximate surface area is 108 Å². The summed E-state index contributed by atoms with van der Waals surface area (Å²) in [5.41, 5.74) is 0.795. The summed E-state index contributed by atoms with van der Waals surface area (Å²) in [5.74, 6) is 0.261. The van der Waals surface area contributed by atoms with Crippen LogP contribution in [0.15, 0.2) is 35.3 Å². The molecule has 0 spiro atoms. The van der Waals surface area contributed by atoms with E-state index in [0.29, 0.717) is 6.54 Å². The van der Waals surface area contributed by atoms with Crippen molar-refractivity contribution in [2.24, 2.45) is 4.99 Å². The molecule has 0 aromatic heterocycles. The molecule has 0 aliphatic heterocycles. The molecule has 0 fully saturated rings. The van der Waals surface area contributed by atoms with Gasteiger partial charge in [0.2, 0.25) is 16.0 Å². The van der Waals surface area contributed by atoms with Crippen LogP contribution < -0.4 is 10.0 Å². The highest BCUT2D eigenvalue weighted by molar-refractivity contribution is 7.89. The normalized spacial score (nSPS) is 12.2. The monoisotopic (exact) mass is 269 g/mol. The molecule has 0 unspecified atom stereocenters. The van der Waals surface area contributed by atoms with Crippen molar-refractivity contribution in [2.45, 2.75) is 19.8 Å². The van der Waals surface area contributed by atoms with E-state index in [-0.39, 0.29) is 5.96 Å². The standard InChI is InChI=1S/C12H19N3O2S/c1-3-4-10-13-12(15-18(2,16)17)14-11-8-6-5-7-9-11/h5-9H,3-4,10H2,1-2H3,(H2,13,14,15). The van der Waals surface area contributed by atoms with Crippen molar-refractivity contribution in [3.63, 3.8) is 0 Å². The number of hydrogen-bond acceptors (Lipinski definition) is 3. The van der Waals surface area contributed by atoms with Gasteiger partial charge in [0, 0.05) is 12.2 Å². The van der Waals surface area contributed by atoms with Crippen LogP contribution in [0.2, 0.25) is 0 Å². The Balaban J connectivity index is 2.74. The van der Waals surface area contributed by atoms with Crippen molar-refractivity contribution in [2.75, 3.05) is 18.1 Å². The van der Waals surface area contributed by atoms with Crippen molar-refractivity contribution in [1.29, 1.82) is 0 Å². The zero-order valence-corrected chi connectivity index (χ0v) is 11.5. The van der Waals surface area contributed by atoms with E-state index in [1.54, 1.807) is 0 Å². The summed E-state index contributed by atoms with van der Waals surface area (Å²) in [5, 5.41) is 2.95. The van der Waals surface area contributed by atoms with E-state index in [0.717, 1.165) is 24.8 Å². The average Bonchev–Trinajstić information content (AvgIpc) is 2.28. The summed E-state index contributed by atoms with van der Waals surface area (Å²) >= 11 is 0. The third-order valence-electron chi connectivity index (χ3n) is 2.10. The molecule has 0 heterocycles. The molecule has 0 amide bonds. The molecule has 0 bridgehead atoms. The second kappa shape index (κ2) is 7.00. The molecule has 1 aromatic carbocycles. The highest BCUT2D eigenvalue weighted by Crippen LogP contribution is 2.04. The van der Waals surface area contributed by atoms with Gasteiger partial charge in [-0.15, -0.1) is 0 Å². The minimum Gasteiger partial charge on any atom is -0.326 e. The van der Waals surface area contributed by atoms with E-state index in [9.17, 15) is 8.42 Å². The number of benzene rings is 1. The van der Waals surface area contributed by atoms with Gasteiger partial charge in [-0.25, -0.2) is 8.42 Å². The van der Waals surface area contributed by atoms with E-state index < -0.39 is 10.0 Å². The molecule has 0 saturated carbocycles. The fourth-order valence-corrected chi connectivity index (χ4v) is 1.75. The van der Waals surface area contributed by atoms with Gasteiger partial charge in [0.05, 0.1) is 6.26 Å². The molecule has 0 saturated heterocycles. The molecule has 5 nitrogen and oxygen atoms in total. The Bertz CT molecular complexity index is 483. The maximum Gasteiger partial charge on any atom is 0.232 e. The Morgan fingerprint density at radius 3 is 2.50 bits per heavy atom. The molecule has 1 aromatic rings. The van der Waals surface area contributed by atoms with Crippen LogP contribution >= 0.6 is 0 Å². The lowest BCUT2D eigenvalue weighted by molar-refractivity contribution is 0.598. The number of para-hydroxylation sites is 1. The maximum atomic E-state index is 11.2. The van der Waals surface area contributed by atoms with Gasteiger partial charge in [-0.2, -0.15) is 0 Å². The van der Waals surface area contributed by atoms with Crippen LogP contribution in [0.1, 0.15) is 19.8 Å². The van der Waals surface area contributed by atoms with Crippen molar-refractivity contribution in [1.82, 2.24) is 4.72 Å². The summed E-state index contributed by atoms with van der Waals surface area (Å²) in [4.78, 5) is 4.21. The van der Waals surface area contributed by atoms with E-state index in [1.165, 1.54) is 0 Å². The quantitative estimate of drug-likeness (QED) is 0.486. The summed E-state index contributed by atoms with van der Waals surface area (Å²) in [7, 11) is -3.32. The first-order chi connectivity index (χ1) is 8.51. The Morgan fingerprint density at radius 1 is 1.28 bits per heavy atom. The van der Waals surface area contributed by atoms with Crippen LogP contribution in [0.4, 0.5) is 5.69 Å². The first kappa shape index (κ1) is 14.5. The highest BCUT2D eigenvalue weighted by Gasteiger charge is 2.06. The zero-order chi connectivity index (χ0) is 13.4. The molecular formula is C12H19N3O2S. The molecule has 0 aliphatic rings. The number of rotatable bonds is 5. The first-order valence-corrected chi connectivity index (χ1v) is 7.74. The van der Waals surface area contributed by atoms with Gasteiger partial charge < -0.3 is 5.32 Å². The second-order valence-corrected chi connectivity index (χ2v) is 5.70. The molecule has 18 heavy (non-hydrogen) atoms. The summed E-state index contributed by atoms with van der Waals surface area (Å²) in [6.45, 7) is 2.65. The third kappa shape index (κ3) is 6.24. The number of sulfonamides is 1. The molecule has 100 valence electrons. The SMILES string of the molecule is CCCCN=C(Nc1ccccc1)NS(C)(=O)=O. The number of anilines is 1. The molecule has 0 atom stereocenters. The van der Waals surface area contributed by atoms with Crippen LogP contribution in [0, 0.1) is 0 Å². The Kier molecular flexibility index (Phi) is 5.64. The van der Waals surface area contributed by atoms with Crippen molar-refractivity contribution in [3.8, 4) is 0 Å². The molecule has 0 radical (unpaired) electrons. The minimum absolute atomic E-state index is 0.261. The molecule has 2 N–H and O–H groups in total. The fourth-order valence-electron chi connectivity index (χ4n) is 1.28. The van der Waals surface area contributed by atoms with Crippen molar-refractivity contribution in [3.05, 3.63) is 30.3 Å². The zero-order valence-electron chi connectivity index (χ0n) is 10.7. The van der Waals surface area contributed by atoms with E-state index >= 15 is 0 Å². The van der Waals surface area contributed by atoms with Crippen LogP contribution in [-0.4, -0.2) is 27.2 Å². The molecule has 1 rings (SSSR count). The maximum absolute atomic E-state index is 11.2. The van der Waals surface area contributed by atoms with Gasteiger partial charge in [-0.3, -0.25) is 9.71 Å². The molecular weight excluding hydrogens is 250 g/mol. The Hall–Kier alpha value is -1.56. The van der Waals surface area contributed by atoms with Crippen molar-refractivity contribution < 1.29 is 8.42 Å². The lowest BCUT2D eigenvalue weighted by Gasteiger charge is -2.10. The smallest absolute Gasteiger partial charge is 0.232 e. The topological polar surface area (TPSA) is 70.6 Å². The third-order valence-corrected chi connectivity index (χ3v) is 2.66. The summed E-state index contributed by atoms with van der Waals surface area (Å²) in [6.07, 6.45) is 3.04. The van der Waals surface area contributed by atoms with Crippen LogP contribution in [0.5, 0.6) is 0 Å². The second-order valence-electron chi connectivity index (χ2n) is 3.95. The number of guanidine groups is 1. The first-order valence-electron chi connectivity index (χ1n) is 5.85. The van der Waals surface area contributed by atoms with E-state index in [4.69, 9.17) is 0 Å². The predicted molar refractivity (Wildman–Crippen MR) is 75.3 cm³/mol. The van der Waals surface area contributed by atoms with E-state index in [1.807, 2.05) is 30.3 Å². The van der Waals surface area contributed by atoms with Crippen molar-refractivity contribution >= 4 is 21.7 Å². The number of nitrogens with zero attached hydrogens (tertiary/aromatic N) is 1. The average molecular weight is 269 g/mol. The van der Waals surface area contributed by atoms with Gasteiger partial charge in [0.1, 0.15) is 0 Å². The number of hydrogen-bond donors (Lipinski definition) is 2. The van der Waals surface area contributed by atoms with E-state index in [2.05, 4.69) is 22.0 Å². The van der Waals surface area contributed by atoms with Crippen LogP contribution in [0.3, 0.4) is 0 Å². The highest BCUT2D eigenvalue weighted by atomic mass is 32.2. The number of aliphatic imine (C=N–C) groups is 1. The predicted octanol–water partition coefficient (Wildman–Crippen LogP) is 1.80. The summed E-state index contributed by atoms with van der Waals surface area (Å²) in [6, 6.07) is 9.32. The van der Waals surface area contributed by atoms with Crippen LogP contribution in [0.25, 0.3) is 0 Å². The van der Waals surface area contributed by atoms with Gasteiger partial charge in [0.25, 0.3) is 0 Å².